The summed E-state index contributed by atoms with van der Waals surface area (Å²) >= 11 is 0. The number of benzene rings is 4. The van der Waals surface area contributed by atoms with Gasteiger partial charge in [0.05, 0.1) is 58.1 Å². The molecule has 0 aliphatic heterocycles. The van der Waals surface area contributed by atoms with Gasteiger partial charge in [-0.05, 0) is 48.5 Å². The monoisotopic (exact) mass is 668 g/mol. The molecule has 0 saturated carbocycles. The molecule has 7 nitrogen and oxygen atoms in total. The molecule has 0 aliphatic carbocycles. The number of para-hydroxylation sites is 4. The van der Waals surface area contributed by atoms with Gasteiger partial charge in [-0.15, -0.1) is 0 Å². The first-order valence-corrected chi connectivity index (χ1v) is 17.6. The number of fused-ring (bicyclic) bond motifs is 4. The molecule has 0 N–H and O–H groups in total. The van der Waals surface area contributed by atoms with Crippen molar-refractivity contribution in [1.29, 1.82) is 0 Å². The van der Waals surface area contributed by atoms with E-state index in [2.05, 4.69) is 131 Å². The Kier molecular flexibility index (Phi) is 9.92. The van der Waals surface area contributed by atoms with E-state index in [1.807, 2.05) is 24.3 Å². The van der Waals surface area contributed by atoms with Gasteiger partial charge in [0, 0.05) is 60.8 Å². The third-order valence-corrected chi connectivity index (χ3v) is 9.27. The molecule has 0 amide bonds. The van der Waals surface area contributed by atoms with Gasteiger partial charge >= 0.3 is 0 Å². The van der Waals surface area contributed by atoms with Crippen molar-refractivity contribution in [3.8, 4) is 0 Å². The van der Waals surface area contributed by atoms with Crippen molar-refractivity contribution in [3.05, 3.63) is 168 Å². The molecule has 0 saturated heterocycles. The first-order chi connectivity index (χ1) is 25.2. The molecule has 4 aromatic carbocycles. The molecule has 0 atom stereocenters. The van der Waals surface area contributed by atoms with Gasteiger partial charge in [-0.3, -0.25) is 29.7 Å². The van der Waals surface area contributed by atoms with E-state index in [4.69, 9.17) is 24.7 Å². The minimum Gasteiger partial charge on any atom is -0.379 e. The van der Waals surface area contributed by atoms with Gasteiger partial charge in [-0.2, -0.15) is 0 Å². The number of hydrogen-bond donors (Lipinski definition) is 0. The Hall–Kier alpha value is -5.60. The average Bonchev–Trinajstić information content (AvgIpc) is 3.17. The second-order valence-electron chi connectivity index (χ2n) is 13.0. The second-order valence-corrected chi connectivity index (χ2v) is 13.0. The topological polar surface area (TPSA) is 67.3 Å². The SMILES string of the molecule is c1ccc2nc(CN(CCOCCN(Cc3ccc4ccccc4n3)Cc3ccc4ccccc4n3)Cc3ccc4ccccc4n3)ccc2c1. The standard InChI is InChI=1S/C44H40N6O/c1-5-13-41-33(9-1)17-21-37(45-41)29-49(30-38-22-18-34-10-2-6-14-42(34)46-38)25-27-51-28-26-50(31-39-23-19-35-11-3-7-15-43(35)47-39)32-40-24-20-36-12-4-8-16-44(36)48-40/h1-24H,25-32H2. The van der Waals surface area contributed by atoms with Crippen LogP contribution in [0.1, 0.15) is 22.8 Å². The summed E-state index contributed by atoms with van der Waals surface area (Å²) in [5.41, 5.74) is 8.18. The number of nitrogens with zero attached hydrogens (tertiary/aromatic N) is 6. The summed E-state index contributed by atoms with van der Waals surface area (Å²) < 4.78 is 6.36. The first kappa shape index (κ1) is 32.6. The van der Waals surface area contributed by atoms with Gasteiger partial charge < -0.3 is 4.74 Å². The van der Waals surface area contributed by atoms with E-state index in [-0.39, 0.29) is 0 Å². The minimum absolute atomic E-state index is 0.595. The fraction of sp³-hybridized carbons (Fsp3) is 0.182. The predicted molar refractivity (Wildman–Crippen MR) is 206 cm³/mol. The molecular formula is C44H40N6O. The summed E-state index contributed by atoms with van der Waals surface area (Å²) in [6.45, 7) is 5.51. The zero-order chi connectivity index (χ0) is 34.2. The molecule has 4 heterocycles. The Balaban J connectivity index is 0.950. The molecule has 8 aromatic rings. The van der Waals surface area contributed by atoms with E-state index < -0.39 is 0 Å². The van der Waals surface area contributed by atoms with Crippen LogP contribution in [0, 0.1) is 0 Å². The lowest BCUT2D eigenvalue weighted by Gasteiger charge is -2.24. The lowest BCUT2D eigenvalue weighted by molar-refractivity contribution is 0.0746. The summed E-state index contributed by atoms with van der Waals surface area (Å²) in [5.74, 6) is 0. The molecule has 252 valence electrons. The third-order valence-electron chi connectivity index (χ3n) is 9.27. The summed E-state index contributed by atoms with van der Waals surface area (Å²) in [4.78, 5) is 24.6. The maximum absolute atomic E-state index is 6.36. The molecule has 0 aliphatic rings. The van der Waals surface area contributed by atoms with Crippen molar-refractivity contribution in [2.24, 2.45) is 0 Å². The zero-order valence-corrected chi connectivity index (χ0v) is 28.6. The molecule has 0 spiro atoms. The smallest absolute Gasteiger partial charge is 0.0705 e. The molecule has 7 heteroatoms. The lowest BCUT2D eigenvalue weighted by atomic mass is 10.2. The highest BCUT2D eigenvalue weighted by Crippen LogP contribution is 2.18. The van der Waals surface area contributed by atoms with Gasteiger partial charge in [0.1, 0.15) is 0 Å². The molecule has 0 radical (unpaired) electrons. The normalized spacial score (nSPS) is 11.8. The Morgan fingerprint density at radius 2 is 0.608 bits per heavy atom. The van der Waals surface area contributed by atoms with Crippen LogP contribution < -0.4 is 0 Å². The predicted octanol–water partition coefficient (Wildman–Crippen LogP) is 8.60. The molecule has 0 unspecified atom stereocenters. The van der Waals surface area contributed by atoms with E-state index in [1.54, 1.807) is 0 Å². The highest BCUT2D eigenvalue weighted by molar-refractivity contribution is 5.80. The van der Waals surface area contributed by atoms with E-state index in [0.29, 0.717) is 39.4 Å². The molecule has 51 heavy (non-hydrogen) atoms. The Morgan fingerprint density at radius 1 is 0.333 bits per heavy atom. The first-order valence-electron chi connectivity index (χ1n) is 17.6. The third kappa shape index (κ3) is 8.24. The lowest BCUT2D eigenvalue weighted by Crippen LogP contribution is -2.30. The minimum atomic E-state index is 0.595. The van der Waals surface area contributed by atoms with Gasteiger partial charge in [-0.1, -0.05) is 97.1 Å². The number of rotatable bonds is 14. The van der Waals surface area contributed by atoms with E-state index in [1.165, 1.54) is 0 Å². The molecule has 8 rings (SSSR count). The van der Waals surface area contributed by atoms with Crippen LogP contribution >= 0.6 is 0 Å². The molecular weight excluding hydrogens is 629 g/mol. The van der Waals surface area contributed by atoms with Crippen molar-refractivity contribution < 1.29 is 4.74 Å². The van der Waals surface area contributed by atoms with Crippen LogP contribution in [-0.4, -0.2) is 56.0 Å². The van der Waals surface area contributed by atoms with Crippen molar-refractivity contribution in [2.45, 2.75) is 26.2 Å². The maximum atomic E-state index is 6.36. The van der Waals surface area contributed by atoms with Gasteiger partial charge in [0.25, 0.3) is 0 Å². The summed E-state index contributed by atoms with van der Waals surface area (Å²) in [6, 6.07) is 50.2. The van der Waals surface area contributed by atoms with Crippen molar-refractivity contribution >= 4 is 43.6 Å². The van der Waals surface area contributed by atoms with E-state index >= 15 is 0 Å². The average molecular weight is 669 g/mol. The summed E-state index contributed by atoms with van der Waals surface area (Å²) in [7, 11) is 0. The highest BCUT2D eigenvalue weighted by Gasteiger charge is 2.13. The highest BCUT2D eigenvalue weighted by atomic mass is 16.5. The fourth-order valence-electron chi connectivity index (χ4n) is 6.62. The Morgan fingerprint density at radius 3 is 0.902 bits per heavy atom. The fourth-order valence-corrected chi connectivity index (χ4v) is 6.62. The quantitative estimate of drug-likeness (QED) is 0.108. The van der Waals surface area contributed by atoms with E-state index in [9.17, 15) is 0 Å². The second kappa shape index (κ2) is 15.5. The Labute approximate surface area is 298 Å². The van der Waals surface area contributed by atoms with Crippen LogP contribution in [0.5, 0.6) is 0 Å². The largest absolute Gasteiger partial charge is 0.379 e. The number of pyridine rings is 4. The van der Waals surface area contributed by atoms with Gasteiger partial charge in [0.15, 0.2) is 0 Å². The molecule has 0 bridgehead atoms. The number of ether oxygens (including phenoxy) is 1. The molecule has 0 fully saturated rings. The van der Waals surface area contributed by atoms with Crippen LogP contribution in [0.15, 0.2) is 146 Å². The molecule has 4 aromatic heterocycles. The van der Waals surface area contributed by atoms with Gasteiger partial charge in [0.2, 0.25) is 0 Å². The number of hydrogen-bond acceptors (Lipinski definition) is 7. The maximum Gasteiger partial charge on any atom is 0.0705 e. The van der Waals surface area contributed by atoms with Crippen LogP contribution in [0.2, 0.25) is 0 Å². The van der Waals surface area contributed by atoms with Crippen molar-refractivity contribution in [1.82, 2.24) is 29.7 Å². The van der Waals surface area contributed by atoms with Gasteiger partial charge in [-0.25, -0.2) is 0 Å². The number of aromatic nitrogens is 4. The summed E-state index contributed by atoms with van der Waals surface area (Å²) in [6.07, 6.45) is 0. The van der Waals surface area contributed by atoms with Crippen LogP contribution in [0.3, 0.4) is 0 Å². The van der Waals surface area contributed by atoms with E-state index in [0.717, 1.165) is 79.5 Å². The van der Waals surface area contributed by atoms with Crippen LogP contribution in [0.25, 0.3) is 43.6 Å². The van der Waals surface area contributed by atoms with Crippen LogP contribution in [0.4, 0.5) is 0 Å². The van der Waals surface area contributed by atoms with Crippen molar-refractivity contribution in [3.63, 3.8) is 0 Å². The van der Waals surface area contributed by atoms with Crippen LogP contribution in [-0.2, 0) is 30.9 Å². The zero-order valence-electron chi connectivity index (χ0n) is 28.6. The summed E-state index contributed by atoms with van der Waals surface area (Å²) in [5, 5.41) is 4.59. The van der Waals surface area contributed by atoms with Crippen molar-refractivity contribution in [2.75, 3.05) is 26.3 Å². The Bertz CT molecular complexity index is 2080.